The van der Waals surface area contributed by atoms with E-state index in [9.17, 15) is 34.5 Å². The Kier molecular flexibility index (Phi) is 19.8. The Morgan fingerprint density at radius 3 is 1.44 bits per heavy atom. The molecule has 3 N–H and O–H groups in total. The fourth-order valence-corrected chi connectivity index (χ4v) is 4.60. The Morgan fingerprint density at radius 2 is 1.06 bits per heavy atom. The predicted molar refractivity (Wildman–Crippen MR) is 139 cm³/mol. The number of hydrogen-bond donors (Lipinski definition) is 3. The van der Waals surface area contributed by atoms with E-state index < -0.39 is 41.8 Å². The van der Waals surface area contributed by atoms with Gasteiger partial charge in [-0.05, 0) is 12.8 Å². The van der Waals surface area contributed by atoms with E-state index in [4.69, 9.17) is 4.74 Å². The zero-order valence-electron chi connectivity index (χ0n) is 22.6. The minimum Gasteiger partial charge on any atom is -0.481 e. The summed E-state index contributed by atoms with van der Waals surface area (Å²) in [5.41, 5.74) is -2.62. The molecule has 0 aromatic carbocycles. The first-order valence-electron chi connectivity index (χ1n) is 14.1. The second-order valence-electron chi connectivity index (χ2n) is 9.97. The van der Waals surface area contributed by atoms with Crippen LogP contribution in [0.2, 0.25) is 0 Å². The molecule has 0 heterocycles. The quantitative estimate of drug-likeness (QED) is 0.0876. The lowest BCUT2D eigenvalue weighted by Gasteiger charge is -2.33. The van der Waals surface area contributed by atoms with Crippen molar-refractivity contribution in [1.29, 1.82) is 0 Å². The number of hydrogen-bond acceptors (Lipinski definition) is 5. The van der Waals surface area contributed by atoms with E-state index in [2.05, 4.69) is 13.8 Å². The summed E-state index contributed by atoms with van der Waals surface area (Å²) in [6.45, 7) is 4.26. The summed E-state index contributed by atoms with van der Waals surface area (Å²) in [5.74, 6) is -7.20. The summed E-state index contributed by atoms with van der Waals surface area (Å²) < 4.78 is 5.20. The Bertz CT molecular complexity index is 633. The van der Waals surface area contributed by atoms with Crippen LogP contribution in [-0.4, -0.2) is 44.8 Å². The number of carbonyl (C=O) groups excluding carboxylic acids is 1. The molecule has 0 saturated heterocycles. The fraction of sp³-hybridized carbons (Fsp3) is 0.857. The Hall–Kier alpha value is -2.12. The molecule has 210 valence electrons. The monoisotopic (exact) mass is 514 g/mol. The number of carbonyl (C=O) groups is 4. The van der Waals surface area contributed by atoms with Crippen molar-refractivity contribution >= 4 is 23.9 Å². The first-order valence-corrected chi connectivity index (χ1v) is 14.1. The third kappa shape index (κ3) is 15.1. The molecular weight excluding hydrogens is 464 g/mol. The molecular formula is C28H50O8. The van der Waals surface area contributed by atoms with Crippen molar-refractivity contribution in [2.45, 2.75) is 148 Å². The second kappa shape index (κ2) is 21.0. The van der Waals surface area contributed by atoms with Gasteiger partial charge in [-0.1, -0.05) is 117 Å². The first kappa shape index (κ1) is 33.9. The van der Waals surface area contributed by atoms with Crippen molar-refractivity contribution in [2.75, 3.05) is 0 Å². The highest BCUT2D eigenvalue weighted by molar-refractivity contribution is 5.92. The van der Waals surface area contributed by atoms with Gasteiger partial charge >= 0.3 is 23.9 Å². The largest absolute Gasteiger partial charge is 0.481 e. The molecule has 0 amide bonds. The van der Waals surface area contributed by atoms with Gasteiger partial charge in [0.15, 0.2) is 0 Å². The fourth-order valence-electron chi connectivity index (χ4n) is 4.60. The lowest BCUT2D eigenvalue weighted by Crippen LogP contribution is -2.54. The van der Waals surface area contributed by atoms with Gasteiger partial charge in [0.25, 0.3) is 0 Å². The molecule has 0 aliphatic heterocycles. The number of carboxylic acids is 3. The number of ether oxygens (including phenoxy) is 1. The third-order valence-corrected chi connectivity index (χ3v) is 6.76. The van der Waals surface area contributed by atoms with Crippen molar-refractivity contribution < 1.29 is 39.2 Å². The molecule has 2 unspecified atom stereocenters. The van der Waals surface area contributed by atoms with Gasteiger partial charge in [0.1, 0.15) is 5.92 Å². The maximum absolute atomic E-state index is 12.4. The maximum Gasteiger partial charge on any atom is 0.349 e. The van der Waals surface area contributed by atoms with Crippen molar-refractivity contribution in [2.24, 2.45) is 5.92 Å². The molecule has 0 fully saturated rings. The van der Waals surface area contributed by atoms with Crippen LogP contribution in [0.15, 0.2) is 0 Å². The summed E-state index contributed by atoms with van der Waals surface area (Å²) >= 11 is 0. The maximum atomic E-state index is 12.4. The molecule has 0 aliphatic rings. The summed E-state index contributed by atoms with van der Waals surface area (Å²) in [4.78, 5) is 48.1. The first-order chi connectivity index (χ1) is 17.2. The van der Waals surface area contributed by atoms with Crippen molar-refractivity contribution in [3.05, 3.63) is 0 Å². The van der Waals surface area contributed by atoms with Crippen molar-refractivity contribution in [3.63, 3.8) is 0 Å². The van der Waals surface area contributed by atoms with Crippen LogP contribution in [0.25, 0.3) is 0 Å². The van der Waals surface area contributed by atoms with Crippen LogP contribution in [0.4, 0.5) is 0 Å². The molecule has 36 heavy (non-hydrogen) atoms. The molecule has 8 nitrogen and oxygen atoms in total. The lowest BCUT2D eigenvalue weighted by molar-refractivity contribution is -0.195. The van der Waals surface area contributed by atoms with Gasteiger partial charge in [0.05, 0.1) is 6.42 Å². The highest BCUT2D eigenvalue weighted by atomic mass is 16.6. The van der Waals surface area contributed by atoms with Gasteiger partial charge in [-0.2, -0.15) is 0 Å². The van der Waals surface area contributed by atoms with E-state index in [-0.39, 0.29) is 12.8 Å². The highest BCUT2D eigenvalue weighted by Gasteiger charge is 2.54. The average Bonchev–Trinajstić information content (AvgIpc) is 2.80. The van der Waals surface area contributed by atoms with Crippen molar-refractivity contribution in [3.8, 4) is 0 Å². The zero-order chi connectivity index (χ0) is 27.2. The van der Waals surface area contributed by atoms with Crippen LogP contribution in [0.3, 0.4) is 0 Å². The van der Waals surface area contributed by atoms with E-state index in [1.165, 1.54) is 44.9 Å². The molecule has 0 spiro atoms. The lowest BCUT2D eigenvalue weighted by atomic mass is 9.80. The standard InChI is InChI=1S/C28H50O8/c1-3-5-7-9-10-11-12-13-14-15-17-18-20-23(26(32)33)28(27(34)35,22-24(29)30)36-25(31)21-19-16-8-6-4-2/h23H,3-22H2,1-2H3,(H,29,30)(H,32,33)(H,34,35). The minimum absolute atomic E-state index is 0.0594. The summed E-state index contributed by atoms with van der Waals surface area (Å²) in [6.07, 6.45) is 16.0. The molecule has 0 rings (SSSR count). The van der Waals surface area contributed by atoms with E-state index in [1.54, 1.807) is 0 Å². The number of unbranched alkanes of at least 4 members (excludes halogenated alkanes) is 15. The highest BCUT2D eigenvalue weighted by Crippen LogP contribution is 2.33. The molecule has 0 bridgehead atoms. The van der Waals surface area contributed by atoms with E-state index in [0.717, 1.165) is 44.9 Å². The average molecular weight is 515 g/mol. The van der Waals surface area contributed by atoms with Crippen molar-refractivity contribution in [1.82, 2.24) is 0 Å². The minimum atomic E-state index is -2.62. The third-order valence-electron chi connectivity index (χ3n) is 6.76. The summed E-state index contributed by atoms with van der Waals surface area (Å²) in [7, 11) is 0. The van der Waals surface area contributed by atoms with E-state index in [1.807, 2.05) is 0 Å². The number of aliphatic carboxylic acids is 3. The van der Waals surface area contributed by atoms with Gasteiger partial charge in [-0.25, -0.2) is 4.79 Å². The molecule has 8 heteroatoms. The molecule has 0 saturated carbocycles. The van der Waals surface area contributed by atoms with Gasteiger partial charge in [0, 0.05) is 6.42 Å². The molecule has 0 radical (unpaired) electrons. The van der Waals surface area contributed by atoms with Crippen LogP contribution in [0.1, 0.15) is 142 Å². The Balaban J connectivity index is 4.80. The molecule has 0 aliphatic carbocycles. The van der Waals surface area contributed by atoms with E-state index >= 15 is 0 Å². The van der Waals surface area contributed by atoms with Gasteiger partial charge < -0.3 is 20.1 Å². The SMILES string of the molecule is CCCCCCCCCCCCCCC(C(=O)O)C(CC(=O)O)(OC(=O)CCCCCCC)C(=O)O. The molecule has 2 atom stereocenters. The Labute approximate surface area is 217 Å². The van der Waals surface area contributed by atoms with E-state index in [0.29, 0.717) is 19.3 Å². The number of carboxylic acid groups (broad SMARTS) is 3. The number of esters is 1. The summed E-state index contributed by atoms with van der Waals surface area (Å²) in [5, 5.41) is 29.0. The normalized spacial score (nSPS) is 13.6. The zero-order valence-corrected chi connectivity index (χ0v) is 22.6. The van der Waals surface area contributed by atoms with Crippen LogP contribution < -0.4 is 0 Å². The second-order valence-corrected chi connectivity index (χ2v) is 9.97. The van der Waals surface area contributed by atoms with Gasteiger partial charge in [-0.15, -0.1) is 0 Å². The molecule has 0 aromatic rings. The predicted octanol–water partition coefficient (Wildman–Crippen LogP) is 6.98. The van der Waals surface area contributed by atoms with Crippen LogP contribution in [0, 0.1) is 5.92 Å². The topological polar surface area (TPSA) is 138 Å². The van der Waals surface area contributed by atoms with Gasteiger partial charge in [-0.3, -0.25) is 14.4 Å². The molecule has 0 aromatic heterocycles. The van der Waals surface area contributed by atoms with Gasteiger partial charge in [0.2, 0.25) is 5.60 Å². The Morgan fingerprint density at radius 1 is 0.639 bits per heavy atom. The van der Waals surface area contributed by atoms with Crippen LogP contribution >= 0.6 is 0 Å². The van der Waals surface area contributed by atoms with Crippen LogP contribution in [-0.2, 0) is 23.9 Å². The summed E-state index contributed by atoms with van der Waals surface area (Å²) in [6, 6.07) is 0. The smallest absolute Gasteiger partial charge is 0.349 e. The van der Waals surface area contributed by atoms with Crippen LogP contribution in [0.5, 0.6) is 0 Å². The number of rotatable bonds is 25.